The summed E-state index contributed by atoms with van der Waals surface area (Å²) in [6.07, 6.45) is 1.45. The van der Waals surface area contributed by atoms with Crippen molar-refractivity contribution < 1.29 is 18.9 Å². The van der Waals surface area contributed by atoms with Gasteiger partial charge in [0.2, 0.25) is 0 Å². The van der Waals surface area contributed by atoms with E-state index in [0.717, 1.165) is 26.2 Å². The molecule has 0 unspecified atom stereocenters. The first-order valence-electron chi connectivity index (χ1n) is 7.94. The fraction of sp³-hybridized carbons (Fsp3) is 0.294. The minimum atomic E-state index is -0.322. The summed E-state index contributed by atoms with van der Waals surface area (Å²) in [5, 5.41) is 4.67. The number of nitrogens with zero attached hydrogens (tertiary/aromatic N) is 1. The van der Waals surface area contributed by atoms with Gasteiger partial charge in [-0.05, 0) is 36.4 Å². The predicted octanol–water partition coefficient (Wildman–Crippen LogP) is 0.00700. The van der Waals surface area contributed by atoms with Gasteiger partial charge in [-0.15, -0.1) is 0 Å². The first-order valence-corrected chi connectivity index (χ1v) is 7.94. The van der Waals surface area contributed by atoms with Crippen LogP contribution in [-0.2, 0) is 0 Å². The SMILES string of the molecule is C[NH+]1CCN(NC(=O)c2ccc(NC(=O)c3ccco3)cc2)CC1. The molecule has 2 heterocycles. The number of amides is 2. The molecule has 0 radical (unpaired) electrons. The van der Waals surface area contributed by atoms with Crippen LogP contribution in [0.1, 0.15) is 20.9 Å². The summed E-state index contributed by atoms with van der Waals surface area (Å²) in [6.45, 7) is 3.71. The van der Waals surface area contributed by atoms with Gasteiger partial charge in [0.15, 0.2) is 5.76 Å². The maximum Gasteiger partial charge on any atom is 0.291 e. The number of piperazine rings is 1. The van der Waals surface area contributed by atoms with Crippen LogP contribution in [0.25, 0.3) is 0 Å². The van der Waals surface area contributed by atoms with Gasteiger partial charge in [0.25, 0.3) is 11.8 Å². The van der Waals surface area contributed by atoms with Gasteiger partial charge < -0.3 is 14.6 Å². The third-order valence-corrected chi connectivity index (χ3v) is 4.03. The van der Waals surface area contributed by atoms with E-state index < -0.39 is 0 Å². The number of carbonyl (C=O) groups is 2. The monoisotopic (exact) mass is 329 g/mol. The smallest absolute Gasteiger partial charge is 0.291 e. The van der Waals surface area contributed by atoms with Crippen molar-refractivity contribution in [2.75, 3.05) is 38.5 Å². The first kappa shape index (κ1) is 16.2. The molecule has 0 saturated carbocycles. The van der Waals surface area contributed by atoms with Crippen molar-refractivity contribution in [3.8, 4) is 0 Å². The molecule has 1 saturated heterocycles. The zero-order chi connectivity index (χ0) is 16.9. The molecule has 2 amide bonds. The Bertz CT molecular complexity index is 689. The van der Waals surface area contributed by atoms with Crippen molar-refractivity contribution in [2.45, 2.75) is 0 Å². The van der Waals surface area contributed by atoms with Crippen molar-refractivity contribution in [3.63, 3.8) is 0 Å². The van der Waals surface area contributed by atoms with E-state index in [4.69, 9.17) is 4.42 Å². The Morgan fingerprint density at radius 3 is 2.42 bits per heavy atom. The standard InChI is InChI=1S/C17H20N4O3/c1-20-8-10-21(11-9-20)19-16(22)13-4-6-14(7-5-13)18-17(23)15-3-2-12-24-15/h2-7,12H,8-11H2,1H3,(H,18,23)(H,19,22)/p+1. The van der Waals surface area contributed by atoms with E-state index in [1.807, 2.05) is 5.01 Å². The quantitative estimate of drug-likeness (QED) is 0.738. The van der Waals surface area contributed by atoms with E-state index in [1.54, 1.807) is 36.4 Å². The van der Waals surface area contributed by atoms with E-state index >= 15 is 0 Å². The number of hydrazine groups is 1. The molecule has 1 aliphatic rings. The number of furan rings is 1. The molecule has 0 atom stereocenters. The molecule has 1 aromatic heterocycles. The van der Waals surface area contributed by atoms with Gasteiger partial charge in [0, 0.05) is 11.3 Å². The maximum atomic E-state index is 12.3. The molecule has 1 aromatic carbocycles. The van der Waals surface area contributed by atoms with Crippen molar-refractivity contribution >= 4 is 17.5 Å². The van der Waals surface area contributed by atoms with E-state index in [1.165, 1.54) is 11.2 Å². The molecule has 3 rings (SSSR count). The number of rotatable bonds is 4. The first-order chi connectivity index (χ1) is 11.6. The minimum absolute atomic E-state index is 0.140. The third-order valence-electron chi connectivity index (χ3n) is 4.03. The highest BCUT2D eigenvalue weighted by Crippen LogP contribution is 2.12. The number of benzene rings is 1. The van der Waals surface area contributed by atoms with Crippen LogP contribution in [0.5, 0.6) is 0 Å². The van der Waals surface area contributed by atoms with Crippen LogP contribution in [0.15, 0.2) is 47.1 Å². The van der Waals surface area contributed by atoms with Crippen molar-refractivity contribution in [1.82, 2.24) is 10.4 Å². The highest BCUT2D eigenvalue weighted by atomic mass is 16.3. The molecule has 24 heavy (non-hydrogen) atoms. The molecular formula is C17H21N4O3+. The fourth-order valence-electron chi connectivity index (χ4n) is 2.51. The summed E-state index contributed by atoms with van der Waals surface area (Å²) in [5.41, 5.74) is 4.08. The minimum Gasteiger partial charge on any atom is -0.459 e. The molecule has 0 bridgehead atoms. The van der Waals surface area contributed by atoms with Gasteiger partial charge in [-0.25, -0.2) is 5.01 Å². The van der Waals surface area contributed by atoms with Gasteiger partial charge in [-0.1, -0.05) is 0 Å². The lowest BCUT2D eigenvalue weighted by Gasteiger charge is -2.30. The highest BCUT2D eigenvalue weighted by Gasteiger charge is 2.18. The second-order valence-corrected chi connectivity index (χ2v) is 5.89. The van der Waals surface area contributed by atoms with Gasteiger partial charge in [-0.3, -0.25) is 15.0 Å². The zero-order valence-electron chi connectivity index (χ0n) is 13.5. The Morgan fingerprint density at radius 1 is 1.08 bits per heavy atom. The summed E-state index contributed by atoms with van der Waals surface area (Å²) in [6, 6.07) is 10.0. The van der Waals surface area contributed by atoms with Crippen LogP contribution in [0.4, 0.5) is 5.69 Å². The molecule has 3 N–H and O–H groups in total. The average molecular weight is 329 g/mol. The molecule has 7 nitrogen and oxygen atoms in total. The molecule has 1 aliphatic heterocycles. The molecular weight excluding hydrogens is 308 g/mol. The Balaban J connectivity index is 1.55. The second kappa shape index (κ2) is 7.29. The predicted molar refractivity (Wildman–Crippen MR) is 88.8 cm³/mol. The second-order valence-electron chi connectivity index (χ2n) is 5.89. The zero-order valence-corrected chi connectivity index (χ0v) is 13.5. The van der Waals surface area contributed by atoms with Gasteiger partial charge >= 0.3 is 0 Å². The Morgan fingerprint density at radius 2 is 1.79 bits per heavy atom. The lowest BCUT2D eigenvalue weighted by Crippen LogP contribution is -3.12. The highest BCUT2D eigenvalue weighted by molar-refractivity contribution is 6.02. The van der Waals surface area contributed by atoms with E-state index in [9.17, 15) is 9.59 Å². The van der Waals surface area contributed by atoms with Crippen molar-refractivity contribution in [1.29, 1.82) is 0 Å². The fourth-order valence-corrected chi connectivity index (χ4v) is 2.51. The van der Waals surface area contributed by atoms with Crippen LogP contribution < -0.4 is 15.6 Å². The summed E-state index contributed by atoms with van der Waals surface area (Å²) >= 11 is 0. The van der Waals surface area contributed by atoms with Crippen molar-refractivity contribution in [3.05, 3.63) is 54.0 Å². The Labute approximate surface area is 140 Å². The van der Waals surface area contributed by atoms with Crippen LogP contribution in [-0.4, -0.2) is 50.0 Å². The number of carbonyl (C=O) groups excluding carboxylic acids is 2. The van der Waals surface area contributed by atoms with E-state index in [-0.39, 0.29) is 17.6 Å². The molecule has 7 heteroatoms. The number of hydrogen-bond donors (Lipinski definition) is 3. The lowest BCUT2D eigenvalue weighted by molar-refractivity contribution is -0.884. The van der Waals surface area contributed by atoms with Crippen LogP contribution in [0.2, 0.25) is 0 Å². The summed E-state index contributed by atoms with van der Waals surface area (Å²) in [7, 11) is 2.15. The third kappa shape index (κ3) is 4.01. The maximum absolute atomic E-state index is 12.3. The number of hydrogen-bond acceptors (Lipinski definition) is 4. The summed E-state index contributed by atoms with van der Waals surface area (Å²) < 4.78 is 5.04. The topological polar surface area (TPSA) is 79.0 Å². The lowest BCUT2D eigenvalue weighted by atomic mass is 10.2. The molecule has 1 fully saturated rings. The largest absolute Gasteiger partial charge is 0.459 e. The number of nitrogens with one attached hydrogen (secondary N) is 3. The van der Waals surface area contributed by atoms with Crippen LogP contribution in [0, 0.1) is 0 Å². The van der Waals surface area contributed by atoms with Gasteiger partial charge in [0.05, 0.1) is 39.5 Å². The van der Waals surface area contributed by atoms with Crippen LogP contribution >= 0.6 is 0 Å². The molecule has 2 aromatic rings. The van der Waals surface area contributed by atoms with E-state index in [0.29, 0.717) is 11.3 Å². The summed E-state index contributed by atoms with van der Waals surface area (Å²) in [4.78, 5) is 25.6. The number of anilines is 1. The number of likely N-dealkylation sites (N-methyl/N-ethyl adjacent to an activating group) is 1. The van der Waals surface area contributed by atoms with Crippen molar-refractivity contribution in [2.24, 2.45) is 0 Å². The van der Waals surface area contributed by atoms with E-state index in [2.05, 4.69) is 17.8 Å². The molecule has 0 aliphatic carbocycles. The van der Waals surface area contributed by atoms with Crippen LogP contribution in [0.3, 0.4) is 0 Å². The molecule has 126 valence electrons. The average Bonchev–Trinajstić information content (AvgIpc) is 3.12. The molecule has 0 spiro atoms. The van der Waals surface area contributed by atoms with Gasteiger partial charge in [-0.2, -0.15) is 0 Å². The Kier molecular flexibility index (Phi) is 4.93. The van der Waals surface area contributed by atoms with Gasteiger partial charge in [0.1, 0.15) is 0 Å². The summed E-state index contributed by atoms with van der Waals surface area (Å²) in [5.74, 6) is -0.218. The normalized spacial score (nSPS) is 15.9. The Hall–Kier alpha value is -2.64. The number of quaternary nitrogens is 1.